The normalized spacial score (nSPS) is 9.53. The molecule has 0 atom stereocenters. The average Bonchev–Trinajstić information content (AvgIpc) is 2.31. The maximum atomic E-state index is 8.68. The van der Waals surface area contributed by atoms with Crippen LogP contribution in [0, 0.1) is 10.7 Å². The van der Waals surface area contributed by atoms with Crippen LogP contribution >= 0.6 is 11.8 Å². The highest BCUT2D eigenvalue weighted by molar-refractivity contribution is 8.03. The number of rotatable bonds is 2. The van der Waals surface area contributed by atoms with Crippen molar-refractivity contribution < 1.29 is 0 Å². The van der Waals surface area contributed by atoms with Gasteiger partial charge in [0.25, 0.3) is 0 Å². The molecule has 0 radical (unpaired) electrons. The van der Waals surface area contributed by atoms with Crippen molar-refractivity contribution in [1.29, 1.82) is 5.26 Å². The molecule has 0 amide bonds. The lowest BCUT2D eigenvalue weighted by atomic mass is 10.1. The summed E-state index contributed by atoms with van der Waals surface area (Å²) in [5.41, 5.74) is 1.90. The summed E-state index contributed by atoms with van der Waals surface area (Å²) in [6.07, 6.45) is 1.75. The van der Waals surface area contributed by atoms with Gasteiger partial charge in [-0.25, -0.2) is 0 Å². The molecule has 0 fully saturated rings. The van der Waals surface area contributed by atoms with E-state index in [-0.39, 0.29) is 0 Å². The molecule has 0 spiro atoms. The first-order valence-corrected chi connectivity index (χ1v) is 5.30. The fraction of sp³-hybridized carbons (Fsp3) is 0. The Labute approximate surface area is 92.6 Å². The molecule has 0 bridgehead atoms. The van der Waals surface area contributed by atoms with Crippen molar-refractivity contribution in [1.82, 2.24) is 4.98 Å². The van der Waals surface area contributed by atoms with E-state index in [2.05, 4.69) is 10.4 Å². The van der Waals surface area contributed by atoms with Crippen LogP contribution in [0.25, 0.3) is 11.3 Å². The van der Waals surface area contributed by atoms with Gasteiger partial charge in [0.05, 0.1) is 5.69 Å². The molecule has 2 rings (SSSR count). The molecule has 0 saturated carbocycles. The van der Waals surface area contributed by atoms with Gasteiger partial charge in [0.15, 0.2) is 0 Å². The number of nitriles is 1. The summed E-state index contributed by atoms with van der Waals surface area (Å²) in [4.78, 5) is 5.21. The Morgan fingerprint density at radius 2 is 1.87 bits per heavy atom. The third-order valence-corrected chi connectivity index (χ3v) is 2.65. The molecular formula is C12H8N2S. The molecule has 1 aromatic heterocycles. The fourth-order valence-electron chi connectivity index (χ4n) is 1.34. The van der Waals surface area contributed by atoms with E-state index in [0.29, 0.717) is 0 Å². The maximum Gasteiger partial charge on any atom is 0.138 e. The quantitative estimate of drug-likeness (QED) is 0.566. The van der Waals surface area contributed by atoms with Crippen LogP contribution in [0.1, 0.15) is 0 Å². The molecule has 0 aliphatic rings. The van der Waals surface area contributed by atoms with Crippen molar-refractivity contribution in [3.8, 4) is 16.7 Å². The first-order valence-electron chi connectivity index (χ1n) is 4.48. The largest absolute Gasteiger partial charge is 0.256 e. The number of aromatic nitrogens is 1. The zero-order valence-electron chi connectivity index (χ0n) is 7.92. The Kier molecular flexibility index (Phi) is 3.01. The SMILES string of the molecule is N#CSc1ccccc1-c1ccccn1. The third kappa shape index (κ3) is 2.17. The van der Waals surface area contributed by atoms with Crippen molar-refractivity contribution >= 4 is 11.8 Å². The molecule has 0 N–H and O–H groups in total. The van der Waals surface area contributed by atoms with Crippen molar-refractivity contribution in [2.75, 3.05) is 0 Å². The maximum absolute atomic E-state index is 8.68. The summed E-state index contributed by atoms with van der Waals surface area (Å²) in [7, 11) is 0. The molecule has 1 heterocycles. The molecule has 0 saturated heterocycles. The molecule has 2 aromatic rings. The van der Waals surface area contributed by atoms with Gasteiger partial charge in [0.2, 0.25) is 0 Å². The molecule has 15 heavy (non-hydrogen) atoms. The van der Waals surface area contributed by atoms with E-state index in [1.54, 1.807) is 6.20 Å². The van der Waals surface area contributed by atoms with Gasteiger partial charge in [0.1, 0.15) is 5.40 Å². The van der Waals surface area contributed by atoms with E-state index in [0.717, 1.165) is 27.9 Å². The van der Waals surface area contributed by atoms with E-state index in [9.17, 15) is 0 Å². The first kappa shape index (κ1) is 9.75. The van der Waals surface area contributed by atoms with Crippen LogP contribution in [-0.2, 0) is 0 Å². The monoisotopic (exact) mass is 212 g/mol. The number of thiocyanates is 1. The van der Waals surface area contributed by atoms with Gasteiger partial charge in [-0.1, -0.05) is 24.3 Å². The molecule has 0 aliphatic heterocycles. The Morgan fingerprint density at radius 3 is 2.60 bits per heavy atom. The lowest BCUT2D eigenvalue weighted by Gasteiger charge is -2.03. The van der Waals surface area contributed by atoms with Crippen LogP contribution in [0.15, 0.2) is 53.6 Å². The minimum Gasteiger partial charge on any atom is -0.256 e. The zero-order chi connectivity index (χ0) is 10.5. The second-order valence-corrected chi connectivity index (χ2v) is 3.73. The topological polar surface area (TPSA) is 36.7 Å². The number of nitrogens with zero attached hydrogens (tertiary/aromatic N) is 2. The summed E-state index contributed by atoms with van der Waals surface area (Å²) in [6, 6.07) is 13.5. The standard InChI is InChI=1S/C12H8N2S/c13-9-15-12-7-2-1-5-10(12)11-6-3-4-8-14-11/h1-8H. The van der Waals surface area contributed by atoms with Crippen LogP contribution in [-0.4, -0.2) is 4.98 Å². The van der Waals surface area contributed by atoms with E-state index >= 15 is 0 Å². The fourth-order valence-corrected chi connectivity index (χ4v) is 1.87. The van der Waals surface area contributed by atoms with Gasteiger partial charge in [-0.15, -0.1) is 0 Å². The Bertz CT molecular complexity index is 488. The van der Waals surface area contributed by atoms with E-state index < -0.39 is 0 Å². The summed E-state index contributed by atoms with van der Waals surface area (Å²) < 4.78 is 0. The zero-order valence-corrected chi connectivity index (χ0v) is 8.74. The second kappa shape index (κ2) is 4.63. The average molecular weight is 212 g/mol. The van der Waals surface area contributed by atoms with E-state index in [1.807, 2.05) is 42.5 Å². The number of benzene rings is 1. The number of pyridine rings is 1. The predicted molar refractivity (Wildman–Crippen MR) is 61.1 cm³/mol. The van der Waals surface area contributed by atoms with Gasteiger partial charge in [-0.2, -0.15) is 5.26 Å². The first-order chi connectivity index (χ1) is 7.42. The minimum absolute atomic E-state index is 0.899. The third-order valence-electron chi connectivity index (χ3n) is 1.98. The summed E-state index contributed by atoms with van der Waals surface area (Å²) in [5, 5.41) is 10.8. The second-order valence-electron chi connectivity index (χ2n) is 2.90. The van der Waals surface area contributed by atoms with Gasteiger partial charge < -0.3 is 0 Å². The molecule has 2 nitrogen and oxygen atoms in total. The predicted octanol–water partition coefficient (Wildman–Crippen LogP) is 3.32. The van der Waals surface area contributed by atoms with Gasteiger partial charge in [0, 0.05) is 16.7 Å². The highest BCUT2D eigenvalue weighted by Crippen LogP contribution is 2.29. The van der Waals surface area contributed by atoms with Crippen LogP contribution < -0.4 is 0 Å². The van der Waals surface area contributed by atoms with Gasteiger partial charge in [-0.05, 0) is 30.0 Å². The Hall–Kier alpha value is -1.79. The lowest BCUT2D eigenvalue weighted by Crippen LogP contribution is -1.84. The van der Waals surface area contributed by atoms with E-state index in [1.165, 1.54) is 0 Å². The molecule has 3 heteroatoms. The number of thioether (sulfide) groups is 1. The van der Waals surface area contributed by atoms with Gasteiger partial charge >= 0.3 is 0 Å². The van der Waals surface area contributed by atoms with Crippen LogP contribution in [0.2, 0.25) is 0 Å². The smallest absolute Gasteiger partial charge is 0.138 e. The molecule has 0 aliphatic carbocycles. The summed E-state index contributed by atoms with van der Waals surface area (Å²) in [5.74, 6) is 0. The number of hydrogen-bond donors (Lipinski definition) is 0. The van der Waals surface area contributed by atoms with Crippen LogP contribution in [0.5, 0.6) is 0 Å². The molecule has 72 valence electrons. The molecule has 0 unspecified atom stereocenters. The molecule has 1 aromatic carbocycles. The highest BCUT2D eigenvalue weighted by atomic mass is 32.2. The summed E-state index contributed by atoms with van der Waals surface area (Å²) in [6.45, 7) is 0. The lowest BCUT2D eigenvalue weighted by molar-refractivity contribution is 1.29. The number of hydrogen-bond acceptors (Lipinski definition) is 3. The van der Waals surface area contributed by atoms with Crippen LogP contribution in [0.3, 0.4) is 0 Å². The highest BCUT2D eigenvalue weighted by Gasteiger charge is 2.04. The summed E-state index contributed by atoms with van der Waals surface area (Å²) >= 11 is 1.16. The Morgan fingerprint density at radius 1 is 1.07 bits per heavy atom. The van der Waals surface area contributed by atoms with Gasteiger partial charge in [-0.3, -0.25) is 4.98 Å². The van der Waals surface area contributed by atoms with Crippen molar-refractivity contribution in [3.05, 3.63) is 48.7 Å². The van der Waals surface area contributed by atoms with Crippen molar-refractivity contribution in [3.63, 3.8) is 0 Å². The Balaban J connectivity index is 2.49. The van der Waals surface area contributed by atoms with Crippen molar-refractivity contribution in [2.24, 2.45) is 0 Å². The molecular weight excluding hydrogens is 204 g/mol. The van der Waals surface area contributed by atoms with Crippen molar-refractivity contribution in [2.45, 2.75) is 4.90 Å². The van der Waals surface area contributed by atoms with E-state index in [4.69, 9.17) is 5.26 Å². The van der Waals surface area contributed by atoms with Crippen LogP contribution in [0.4, 0.5) is 0 Å². The minimum atomic E-state index is 0.899.